The zero-order chi connectivity index (χ0) is 16.0. The van der Waals surface area contributed by atoms with Crippen molar-refractivity contribution in [2.24, 2.45) is 5.41 Å². The number of aliphatic hydroxyl groups is 1. The summed E-state index contributed by atoms with van der Waals surface area (Å²) in [7, 11) is 0. The molecular formula is C18H23N3O2. The van der Waals surface area contributed by atoms with Gasteiger partial charge in [0.25, 0.3) is 0 Å². The first-order valence-corrected chi connectivity index (χ1v) is 8.51. The van der Waals surface area contributed by atoms with Gasteiger partial charge in [-0.2, -0.15) is 5.10 Å². The van der Waals surface area contributed by atoms with Gasteiger partial charge < -0.3 is 10.0 Å². The Kier molecular flexibility index (Phi) is 3.41. The highest BCUT2D eigenvalue weighted by Gasteiger charge is 2.56. The number of para-hydroxylation sites is 1. The topological polar surface area (TPSA) is 58.4 Å². The predicted molar refractivity (Wildman–Crippen MR) is 87.8 cm³/mol. The summed E-state index contributed by atoms with van der Waals surface area (Å²) in [4.78, 5) is 15.0. The number of amides is 1. The van der Waals surface area contributed by atoms with Gasteiger partial charge in [0.15, 0.2) is 0 Å². The molecule has 1 N–H and O–H groups in total. The van der Waals surface area contributed by atoms with Gasteiger partial charge in [-0.1, -0.05) is 25.1 Å². The lowest BCUT2D eigenvalue weighted by Gasteiger charge is -2.34. The van der Waals surface area contributed by atoms with Crippen LogP contribution in [-0.4, -0.2) is 44.4 Å². The molecule has 2 fully saturated rings. The molecule has 122 valence electrons. The number of nitrogens with zero attached hydrogens (tertiary/aromatic N) is 3. The third kappa shape index (κ3) is 2.10. The Morgan fingerprint density at radius 3 is 2.96 bits per heavy atom. The van der Waals surface area contributed by atoms with Crippen molar-refractivity contribution in [3.63, 3.8) is 0 Å². The minimum atomic E-state index is -0.0925. The lowest BCUT2D eigenvalue weighted by atomic mass is 9.72. The van der Waals surface area contributed by atoms with Crippen LogP contribution in [0.25, 0.3) is 10.9 Å². The van der Waals surface area contributed by atoms with Crippen molar-refractivity contribution in [3.05, 3.63) is 30.5 Å². The predicted octanol–water partition coefficient (Wildman–Crippen LogP) is 2.19. The maximum Gasteiger partial charge on any atom is 0.244 e. The van der Waals surface area contributed by atoms with Crippen LogP contribution in [0.2, 0.25) is 0 Å². The van der Waals surface area contributed by atoms with E-state index in [1.54, 1.807) is 4.68 Å². The van der Waals surface area contributed by atoms with Crippen LogP contribution in [0.15, 0.2) is 30.5 Å². The van der Waals surface area contributed by atoms with Gasteiger partial charge in [0.05, 0.1) is 18.3 Å². The van der Waals surface area contributed by atoms with Crippen molar-refractivity contribution < 1.29 is 9.90 Å². The molecule has 1 aromatic heterocycles. The summed E-state index contributed by atoms with van der Waals surface area (Å²) in [5.41, 5.74) is 0.904. The number of carbonyl (C=O) groups excluding carboxylic acids is 1. The molecule has 0 unspecified atom stereocenters. The van der Waals surface area contributed by atoms with E-state index in [2.05, 4.69) is 16.9 Å². The number of rotatable bonds is 4. The van der Waals surface area contributed by atoms with E-state index in [0.29, 0.717) is 6.04 Å². The van der Waals surface area contributed by atoms with Gasteiger partial charge in [0.2, 0.25) is 5.91 Å². The van der Waals surface area contributed by atoms with E-state index in [0.717, 1.165) is 36.6 Å². The fourth-order valence-electron chi connectivity index (χ4n) is 4.69. The summed E-state index contributed by atoms with van der Waals surface area (Å²) in [5, 5.41) is 15.3. The van der Waals surface area contributed by atoms with E-state index in [-0.39, 0.29) is 30.5 Å². The number of aliphatic hydroxyl groups excluding tert-OH is 1. The second-order valence-electron chi connectivity index (χ2n) is 6.99. The zero-order valence-electron chi connectivity index (χ0n) is 13.5. The van der Waals surface area contributed by atoms with Crippen LogP contribution in [0.5, 0.6) is 0 Å². The highest BCUT2D eigenvalue weighted by molar-refractivity contribution is 5.82. The maximum absolute atomic E-state index is 12.9. The van der Waals surface area contributed by atoms with Gasteiger partial charge in [-0.25, -0.2) is 0 Å². The standard InChI is InChI=1S/C18H23N3O2/c1-2-18(12-22)9-14-7-8-16(18)21(14)17(23)11-20-15-6-4-3-5-13(15)10-19-20/h3-6,10,14,16,22H,2,7-9,11-12H2,1H3/t14-,16+,18-/m0/s1. The molecule has 2 aromatic rings. The summed E-state index contributed by atoms with van der Waals surface area (Å²) in [5.74, 6) is 0.134. The first-order valence-electron chi connectivity index (χ1n) is 8.51. The Labute approximate surface area is 135 Å². The van der Waals surface area contributed by atoms with Gasteiger partial charge in [-0.3, -0.25) is 9.48 Å². The quantitative estimate of drug-likeness (QED) is 0.941. The number of hydrogen-bond donors (Lipinski definition) is 1. The number of hydrogen-bond acceptors (Lipinski definition) is 3. The van der Waals surface area contributed by atoms with E-state index in [1.165, 1.54) is 0 Å². The van der Waals surface area contributed by atoms with Gasteiger partial charge >= 0.3 is 0 Å². The molecule has 1 amide bonds. The van der Waals surface area contributed by atoms with Crippen LogP contribution in [0.3, 0.4) is 0 Å². The smallest absolute Gasteiger partial charge is 0.244 e. The molecular weight excluding hydrogens is 290 g/mol. The molecule has 5 nitrogen and oxygen atoms in total. The maximum atomic E-state index is 12.9. The summed E-state index contributed by atoms with van der Waals surface area (Å²) in [6.45, 7) is 2.59. The summed E-state index contributed by atoms with van der Waals surface area (Å²) in [6.07, 6.45) is 5.77. The molecule has 1 aromatic carbocycles. The molecule has 3 atom stereocenters. The lowest BCUT2D eigenvalue weighted by molar-refractivity contribution is -0.134. The second-order valence-corrected chi connectivity index (χ2v) is 6.99. The molecule has 4 rings (SSSR count). The zero-order valence-corrected chi connectivity index (χ0v) is 13.5. The van der Waals surface area contributed by atoms with Crippen molar-refractivity contribution in [2.75, 3.05) is 6.61 Å². The third-order valence-corrected chi connectivity index (χ3v) is 5.99. The average molecular weight is 313 g/mol. The third-order valence-electron chi connectivity index (χ3n) is 5.99. The van der Waals surface area contributed by atoms with Crippen molar-refractivity contribution in [2.45, 2.75) is 51.2 Å². The molecule has 5 heteroatoms. The second kappa shape index (κ2) is 5.34. The van der Waals surface area contributed by atoms with E-state index in [9.17, 15) is 9.90 Å². The molecule has 2 bridgehead atoms. The van der Waals surface area contributed by atoms with Crippen LogP contribution >= 0.6 is 0 Å². The van der Waals surface area contributed by atoms with Gasteiger partial charge in [-0.05, 0) is 31.7 Å². The van der Waals surface area contributed by atoms with E-state index >= 15 is 0 Å². The van der Waals surface area contributed by atoms with Crippen LogP contribution in [0.1, 0.15) is 32.6 Å². The summed E-state index contributed by atoms with van der Waals surface area (Å²) >= 11 is 0. The highest BCUT2D eigenvalue weighted by Crippen LogP contribution is 2.51. The van der Waals surface area contributed by atoms with Crippen molar-refractivity contribution in [3.8, 4) is 0 Å². The number of aromatic nitrogens is 2. The Morgan fingerprint density at radius 2 is 2.22 bits per heavy atom. The fraction of sp³-hybridized carbons (Fsp3) is 0.556. The Bertz CT molecular complexity index is 735. The summed E-state index contributed by atoms with van der Waals surface area (Å²) in [6, 6.07) is 8.44. The molecule has 2 aliphatic rings. The van der Waals surface area contributed by atoms with Crippen molar-refractivity contribution in [1.29, 1.82) is 0 Å². The number of benzene rings is 1. The highest BCUT2D eigenvalue weighted by atomic mass is 16.3. The van der Waals surface area contributed by atoms with Crippen LogP contribution in [0, 0.1) is 5.41 Å². The summed E-state index contributed by atoms with van der Waals surface area (Å²) < 4.78 is 1.79. The van der Waals surface area contributed by atoms with E-state index < -0.39 is 0 Å². The van der Waals surface area contributed by atoms with E-state index in [4.69, 9.17) is 0 Å². The van der Waals surface area contributed by atoms with Crippen LogP contribution in [0.4, 0.5) is 0 Å². The first kappa shape index (κ1) is 14.7. The average Bonchev–Trinajstić information content (AvgIpc) is 3.26. The van der Waals surface area contributed by atoms with Gasteiger partial charge in [0, 0.05) is 22.9 Å². The monoisotopic (exact) mass is 313 g/mol. The van der Waals surface area contributed by atoms with Gasteiger partial charge in [0.1, 0.15) is 6.54 Å². The van der Waals surface area contributed by atoms with Crippen molar-refractivity contribution >= 4 is 16.8 Å². The fourth-order valence-corrected chi connectivity index (χ4v) is 4.69. The molecule has 0 saturated carbocycles. The number of fused-ring (bicyclic) bond motifs is 3. The Balaban J connectivity index is 1.58. The largest absolute Gasteiger partial charge is 0.396 e. The van der Waals surface area contributed by atoms with Gasteiger partial charge in [-0.15, -0.1) is 0 Å². The molecule has 0 radical (unpaired) electrons. The number of carbonyl (C=O) groups is 1. The minimum absolute atomic E-state index is 0.0925. The normalized spacial score (nSPS) is 29.6. The SMILES string of the molecule is CC[C@@]1(CO)C[C@@H]2CC[C@H]1N2C(=O)Cn1ncc2ccccc21. The molecule has 2 aliphatic heterocycles. The molecule has 0 aliphatic carbocycles. The van der Waals surface area contributed by atoms with Crippen LogP contribution in [-0.2, 0) is 11.3 Å². The molecule has 23 heavy (non-hydrogen) atoms. The van der Waals surface area contributed by atoms with Crippen LogP contribution < -0.4 is 0 Å². The first-order chi connectivity index (χ1) is 11.2. The molecule has 2 saturated heterocycles. The van der Waals surface area contributed by atoms with E-state index in [1.807, 2.05) is 30.5 Å². The van der Waals surface area contributed by atoms with Crippen molar-refractivity contribution in [1.82, 2.24) is 14.7 Å². The molecule has 3 heterocycles. The molecule has 0 spiro atoms. The Hall–Kier alpha value is -1.88. The lowest BCUT2D eigenvalue weighted by Crippen LogP contribution is -2.43. The Morgan fingerprint density at radius 1 is 1.39 bits per heavy atom. The minimum Gasteiger partial charge on any atom is -0.396 e.